The number of nitrogens with zero attached hydrogens (tertiary/aromatic N) is 1. The van der Waals surface area contributed by atoms with Crippen molar-refractivity contribution in [2.45, 2.75) is 11.1 Å². The number of hydrogen-bond donors (Lipinski definition) is 3. The zero-order chi connectivity index (χ0) is 19.3. The Morgan fingerprint density at radius 3 is 2.69 bits per heavy atom. The van der Waals surface area contributed by atoms with E-state index in [4.69, 9.17) is 5.73 Å². The highest BCUT2D eigenvalue weighted by Crippen LogP contribution is 2.31. The summed E-state index contributed by atoms with van der Waals surface area (Å²) < 4.78 is 27.1. The molecule has 0 bridgehead atoms. The van der Waals surface area contributed by atoms with Crippen molar-refractivity contribution in [2.75, 3.05) is 17.6 Å². The summed E-state index contributed by atoms with van der Waals surface area (Å²) in [5.74, 6) is -3.61. The second-order valence-electron chi connectivity index (χ2n) is 5.00. The van der Waals surface area contributed by atoms with Crippen molar-refractivity contribution in [3.63, 3.8) is 0 Å². The van der Waals surface area contributed by atoms with Crippen LogP contribution in [-0.4, -0.2) is 35.0 Å². The number of rotatable bonds is 7. The number of carbonyl (C=O) groups excluding carboxylic acids is 3. The van der Waals surface area contributed by atoms with Gasteiger partial charge in [-0.25, -0.2) is 13.8 Å². The summed E-state index contributed by atoms with van der Waals surface area (Å²) >= 11 is 2.37. The van der Waals surface area contributed by atoms with Gasteiger partial charge in [0.15, 0.2) is 5.13 Å². The molecular weight excluding hydrogens is 386 g/mol. The molecule has 0 unspecified atom stereocenters. The number of hydrogen-bond acceptors (Lipinski definition) is 6. The molecule has 0 saturated carbocycles. The van der Waals surface area contributed by atoms with Crippen LogP contribution >= 0.6 is 23.1 Å². The Morgan fingerprint density at radius 1 is 1.31 bits per heavy atom. The molecule has 1 aromatic carbocycles. The molecule has 3 amide bonds. The van der Waals surface area contributed by atoms with Crippen LogP contribution in [0.15, 0.2) is 22.4 Å². The van der Waals surface area contributed by atoms with Crippen LogP contribution in [0.3, 0.4) is 0 Å². The van der Waals surface area contributed by atoms with Crippen LogP contribution in [-0.2, 0) is 9.59 Å². The maximum atomic E-state index is 13.5. The molecule has 0 radical (unpaired) electrons. The monoisotopic (exact) mass is 400 g/mol. The van der Waals surface area contributed by atoms with Gasteiger partial charge in [-0.1, -0.05) is 11.3 Å². The molecule has 0 atom stereocenters. The minimum Gasteiger partial charge on any atom is -0.369 e. The average molecular weight is 400 g/mol. The van der Waals surface area contributed by atoms with E-state index in [0.717, 1.165) is 27.7 Å². The molecule has 7 nitrogen and oxygen atoms in total. The lowest BCUT2D eigenvalue weighted by atomic mass is 10.2. The average Bonchev–Trinajstić information content (AvgIpc) is 2.90. The first kappa shape index (κ1) is 19.8. The molecule has 0 fully saturated rings. The van der Waals surface area contributed by atoms with E-state index in [0.29, 0.717) is 16.9 Å². The molecule has 138 valence electrons. The van der Waals surface area contributed by atoms with E-state index in [9.17, 15) is 23.2 Å². The predicted octanol–water partition coefficient (Wildman–Crippen LogP) is 1.68. The second kappa shape index (κ2) is 8.72. The first-order valence-corrected chi connectivity index (χ1v) is 8.98. The van der Waals surface area contributed by atoms with Crippen LogP contribution in [0.4, 0.5) is 13.9 Å². The Kier molecular flexibility index (Phi) is 6.64. The van der Waals surface area contributed by atoms with Gasteiger partial charge in [0, 0.05) is 6.07 Å². The normalized spacial score (nSPS) is 10.4. The maximum absolute atomic E-state index is 13.5. The fourth-order valence-corrected chi connectivity index (χ4v) is 3.69. The van der Waals surface area contributed by atoms with Gasteiger partial charge in [0.25, 0.3) is 5.91 Å². The first-order chi connectivity index (χ1) is 12.3. The van der Waals surface area contributed by atoms with E-state index in [-0.39, 0.29) is 11.3 Å². The zero-order valence-corrected chi connectivity index (χ0v) is 15.1. The highest BCUT2D eigenvalue weighted by atomic mass is 32.2. The van der Waals surface area contributed by atoms with Gasteiger partial charge in [-0.3, -0.25) is 14.4 Å². The number of aromatic nitrogens is 1. The molecule has 0 aliphatic rings. The fourth-order valence-electron chi connectivity index (χ4n) is 1.80. The third-order valence-corrected chi connectivity index (χ3v) is 5.39. The Labute approximate surface area is 155 Å². The summed E-state index contributed by atoms with van der Waals surface area (Å²) in [6.45, 7) is 1.30. The van der Waals surface area contributed by atoms with Crippen LogP contribution in [0.25, 0.3) is 0 Å². The number of carbonyl (C=O) groups is 3. The van der Waals surface area contributed by atoms with Crippen LogP contribution in [0.5, 0.6) is 0 Å². The Morgan fingerprint density at radius 2 is 2.04 bits per heavy atom. The highest BCUT2D eigenvalue weighted by molar-refractivity contribution is 8.01. The summed E-state index contributed by atoms with van der Waals surface area (Å²) in [6.07, 6.45) is 0. The Balaban J connectivity index is 1.89. The lowest BCUT2D eigenvalue weighted by Crippen LogP contribution is -2.33. The number of thioether (sulfide) groups is 1. The number of anilines is 1. The third-order valence-electron chi connectivity index (χ3n) is 2.93. The lowest BCUT2D eigenvalue weighted by Gasteiger charge is -2.06. The number of nitrogens with two attached hydrogens (primary N) is 1. The van der Waals surface area contributed by atoms with Gasteiger partial charge in [-0.05, 0) is 19.1 Å². The molecule has 2 aromatic rings. The highest BCUT2D eigenvalue weighted by Gasteiger charge is 2.15. The van der Waals surface area contributed by atoms with Crippen LogP contribution in [0, 0.1) is 18.6 Å². The van der Waals surface area contributed by atoms with Crippen molar-refractivity contribution in [3.8, 4) is 0 Å². The molecule has 2 rings (SSSR count). The van der Waals surface area contributed by atoms with Gasteiger partial charge in [0.2, 0.25) is 11.8 Å². The number of benzene rings is 1. The molecule has 26 heavy (non-hydrogen) atoms. The molecular formula is C15H14F2N4O3S2. The van der Waals surface area contributed by atoms with E-state index in [1.54, 1.807) is 6.92 Å². The van der Waals surface area contributed by atoms with Crippen LogP contribution < -0.4 is 16.4 Å². The topological polar surface area (TPSA) is 114 Å². The Bertz CT molecular complexity index is 857. The van der Waals surface area contributed by atoms with E-state index in [1.165, 1.54) is 11.8 Å². The van der Waals surface area contributed by atoms with E-state index in [2.05, 4.69) is 15.6 Å². The van der Waals surface area contributed by atoms with Crippen LogP contribution in [0.1, 0.15) is 16.1 Å². The molecule has 0 spiro atoms. The Hall–Kier alpha value is -2.53. The zero-order valence-electron chi connectivity index (χ0n) is 13.5. The minimum atomic E-state index is -1.02. The largest absolute Gasteiger partial charge is 0.369 e. The molecule has 11 heteroatoms. The molecule has 4 N–H and O–H groups in total. The summed E-state index contributed by atoms with van der Waals surface area (Å²) in [5.41, 5.74) is 5.35. The van der Waals surface area contributed by atoms with Crippen molar-refractivity contribution >= 4 is 46.0 Å². The van der Waals surface area contributed by atoms with Gasteiger partial charge in [0.1, 0.15) is 11.6 Å². The number of halogens is 2. The quantitative estimate of drug-likeness (QED) is 0.612. The van der Waals surface area contributed by atoms with Crippen molar-refractivity contribution in [2.24, 2.45) is 5.73 Å². The summed E-state index contributed by atoms with van der Waals surface area (Å²) in [7, 11) is 0. The van der Waals surface area contributed by atoms with Gasteiger partial charge < -0.3 is 16.4 Å². The van der Waals surface area contributed by atoms with Crippen molar-refractivity contribution < 1.29 is 23.2 Å². The molecule has 1 aromatic heterocycles. The van der Waals surface area contributed by atoms with Gasteiger partial charge >= 0.3 is 0 Å². The lowest BCUT2D eigenvalue weighted by molar-refractivity contribution is -0.116. The van der Waals surface area contributed by atoms with Crippen molar-refractivity contribution in [3.05, 3.63) is 41.1 Å². The van der Waals surface area contributed by atoms with Gasteiger partial charge in [0.05, 0.1) is 27.8 Å². The van der Waals surface area contributed by atoms with Crippen molar-refractivity contribution in [1.82, 2.24) is 10.3 Å². The smallest absolute Gasteiger partial charge is 0.254 e. The SMILES string of the molecule is Cc1nc(NC(=O)CNC(=O)c2ccc(F)cc2F)sc1SCC(N)=O. The van der Waals surface area contributed by atoms with Gasteiger partial charge in [-0.15, -0.1) is 11.8 Å². The third kappa shape index (κ3) is 5.49. The number of primary amides is 1. The maximum Gasteiger partial charge on any atom is 0.254 e. The number of amides is 3. The van der Waals surface area contributed by atoms with E-state index in [1.807, 2.05) is 0 Å². The number of thiazole rings is 1. The van der Waals surface area contributed by atoms with E-state index >= 15 is 0 Å². The molecule has 0 saturated heterocycles. The summed E-state index contributed by atoms with van der Waals surface area (Å²) in [6, 6.07) is 2.52. The standard InChI is InChI=1S/C15H14F2N4O3S2/c1-7-14(25-6-11(18)22)26-15(20-7)21-12(23)5-19-13(24)9-3-2-8(16)4-10(9)17/h2-4H,5-6H2,1H3,(H2,18,22)(H,19,24)(H,20,21,23). The predicted molar refractivity (Wildman–Crippen MR) is 94.1 cm³/mol. The van der Waals surface area contributed by atoms with Crippen molar-refractivity contribution in [1.29, 1.82) is 0 Å². The van der Waals surface area contributed by atoms with Crippen LogP contribution in [0.2, 0.25) is 0 Å². The second-order valence-corrected chi connectivity index (χ2v) is 7.24. The first-order valence-electron chi connectivity index (χ1n) is 7.18. The fraction of sp³-hybridized carbons (Fsp3) is 0.200. The molecule has 0 aliphatic heterocycles. The van der Waals surface area contributed by atoms with Gasteiger partial charge in [-0.2, -0.15) is 0 Å². The molecule has 0 aliphatic carbocycles. The number of nitrogens with one attached hydrogen (secondary N) is 2. The summed E-state index contributed by atoms with van der Waals surface area (Å²) in [4.78, 5) is 38.6. The van der Waals surface area contributed by atoms with E-state index < -0.39 is 35.9 Å². The molecule has 1 heterocycles. The minimum absolute atomic E-state index is 0.0930. The summed E-state index contributed by atoms with van der Waals surface area (Å²) in [5, 5.41) is 5.02. The number of aryl methyl sites for hydroxylation is 1.